The highest BCUT2D eigenvalue weighted by Gasteiger charge is 2.52. The van der Waals surface area contributed by atoms with Gasteiger partial charge >= 0.3 is 5.97 Å². The van der Waals surface area contributed by atoms with Gasteiger partial charge in [0, 0.05) is 9.26 Å². The third-order valence-corrected chi connectivity index (χ3v) is 4.40. The summed E-state index contributed by atoms with van der Waals surface area (Å²) in [5.74, 6) is -0.714. The van der Waals surface area contributed by atoms with Crippen LogP contribution < -0.4 is 5.32 Å². The number of halogens is 1. The summed E-state index contributed by atoms with van der Waals surface area (Å²) >= 11 is 2.19. The first-order chi connectivity index (χ1) is 10.1. The van der Waals surface area contributed by atoms with Gasteiger partial charge in [0.2, 0.25) is 0 Å². The molecule has 1 N–H and O–H groups in total. The van der Waals surface area contributed by atoms with Crippen LogP contribution in [0.1, 0.15) is 25.7 Å². The van der Waals surface area contributed by atoms with E-state index >= 15 is 0 Å². The van der Waals surface area contributed by atoms with Crippen LogP contribution in [-0.4, -0.2) is 30.2 Å². The number of ether oxygens (including phenoxy) is 2. The second kappa shape index (κ2) is 6.31. The van der Waals surface area contributed by atoms with E-state index < -0.39 is 18.2 Å². The standard InChI is InChI=1S/C15H16INO4/c16-9-5-7-10(8-6-9)17-14(18)12-13(21-12)15(19)20-11-3-1-2-4-11/h5-8,11-13H,1-4H2,(H,17,18). The van der Waals surface area contributed by atoms with Gasteiger partial charge < -0.3 is 14.8 Å². The number of esters is 1. The summed E-state index contributed by atoms with van der Waals surface area (Å²) in [6, 6.07) is 7.42. The molecule has 2 aliphatic rings. The number of carbonyl (C=O) groups is 2. The van der Waals surface area contributed by atoms with Crippen LogP contribution in [-0.2, 0) is 19.1 Å². The zero-order valence-electron chi connectivity index (χ0n) is 11.4. The van der Waals surface area contributed by atoms with Crippen molar-refractivity contribution >= 4 is 40.2 Å². The number of carbonyl (C=O) groups excluding carboxylic acids is 2. The van der Waals surface area contributed by atoms with Crippen LogP contribution in [0.15, 0.2) is 24.3 Å². The third kappa shape index (κ3) is 3.74. The number of hydrogen-bond acceptors (Lipinski definition) is 4. The average molecular weight is 401 g/mol. The molecule has 2 unspecified atom stereocenters. The van der Waals surface area contributed by atoms with Crippen LogP contribution in [0.2, 0.25) is 0 Å². The molecule has 1 amide bonds. The Kier molecular flexibility index (Phi) is 4.44. The van der Waals surface area contributed by atoms with Gasteiger partial charge in [0.15, 0.2) is 12.2 Å². The molecule has 1 saturated heterocycles. The number of rotatable bonds is 4. The molecule has 0 bridgehead atoms. The Hall–Kier alpha value is -1.15. The number of anilines is 1. The smallest absolute Gasteiger partial charge is 0.338 e. The molecule has 3 rings (SSSR count). The van der Waals surface area contributed by atoms with Crippen LogP contribution in [0.25, 0.3) is 0 Å². The van der Waals surface area contributed by atoms with Crippen molar-refractivity contribution in [2.24, 2.45) is 0 Å². The van der Waals surface area contributed by atoms with Gasteiger partial charge in [0.25, 0.3) is 5.91 Å². The molecule has 1 saturated carbocycles. The topological polar surface area (TPSA) is 67.9 Å². The van der Waals surface area contributed by atoms with Crippen molar-refractivity contribution in [2.75, 3.05) is 5.32 Å². The molecule has 2 atom stereocenters. The van der Waals surface area contributed by atoms with Gasteiger partial charge in [-0.1, -0.05) is 0 Å². The molecule has 112 valence electrons. The largest absolute Gasteiger partial charge is 0.460 e. The first kappa shape index (κ1) is 14.8. The minimum atomic E-state index is -0.741. The van der Waals surface area contributed by atoms with Crippen LogP contribution in [0, 0.1) is 3.57 Å². The quantitative estimate of drug-likeness (QED) is 0.478. The van der Waals surface area contributed by atoms with Crippen molar-refractivity contribution in [3.8, 4) is 0 Å². The molecule has 6 heteroatoms. The summed E-state index contributed by atoms with van der Waals surface area (Å²) in [6.45, 7) is 0. The SMILES string of the molecule is O=C(Nc1ccc(I)cc1)C1OC1C(=O)OC1CCCC1. The number of hydrogen-bond donors (Lipinski definition) is 1. The third-order valence-electron chi connectivity index (χ3n) is 3.68. The summed E-state index contributed by atoms with van der Waals surface area (Å²) in [7, 11) is 0. The second-order valence-corrected chi connectivity index (χ2v) is 6.56. The fourth-order valence-electron chi connectivity index (χ4n) is 2.48. The molecular formula is C15H16INO4. The van der Waals surface area contributed by atoms with E-state index in [2.05, 4.69) is 27.9 Å². The maximum absolute atomic E-state index is 12.0. The summed E-state index contributed by atoms with van der Waals surface area (Å²) in [5, 5.41) is 2.73. The average Bonchev–Trinajstić information content (AvgIpc) is 3.13. The lowest BCUT2D eigenvalue weighted by molar-refractivity contribution is -0.150. The highest BCUT2D eigenvalue weighted by Crippen LogP contribution is 2.28. The van der Waals surface area contributed by atoms with E-state index in [4.69, 9.17) is 9.47 Å². The zero-order valence-corrected chi connectivity index (χ0v) is 13.5. The molecule has 21 heavy (non-hydrogen) atoms. The first-order valence-corrected chi connectivity index (χ1v) is 8.14. The van der Waals surface area contributed by atoms with E-state index in [0.717, 1.165) is 29.3 Å². The molecule has 0 spiro atoms. The Labute approximate surface area is 136 Å². The Balaban J connectivity index is 1.48. The van der Waals surface area contributed by atoms with Crippen molar-refractivity contribution in [3.05, 3.63) is 27.8 Å². The van der Waals surface area contributed by atoms with E-state index in [-0.39, 0.29) is 12.0 Å². The van der Waals surface area contributed by atoms with E-state index in [1.165, 1.54) is 0 Å². The van der Waals surface area contributed by atoms with Crippen LogP contribution in [0.5, 0.6) is 0 Å². The normalized spacial score (nSPS) is 24.6. The number of nitrogens with one attached hydrogen (secondary N) is 1. The monoisotopic (exact) mass is 401 g/mol. The van der Waals surface area contributed by atoms with Gasteiger partial charge in [0.1, 0.15) is 6.10 Å². The van der Waals surface area contributed by atoms with E-state index in [9.17, 15) is 9.59 Å². The van der Waals surface area contributed by atoms with Gasteiger partial charge in [-0.15, -0.1) is 0 Å². The maximum atomic E-state index is 12.0. The lowest BCUT2D eigenvalue weighted by Crippen LogP contribution is -2.26. The van der Waals surface area contributed by atoms with Crippen molar-refractivity contribution in [3.63, 3.8) is 0 Å². The highest BCUT2D eigenvalue weighted by atomic mass is 127. The molecule has 5 nitrogen and oxygen atoms in total. The van der Waals surface area contributed by atoms with Crippen molar-refractivity contribution < 1.29 is 19.1 Å². The van der Waals surface area contributed by atoms with Crippen LogP contribution in [0.3, 0.4) is 0 Å². The lowest BCUT2D eigenvalue weighted by Gasteiger charge is -2.09. The van der Waals surface area contributed by atoms with Gasteiger partial charge in [-0.25, -0.2) is 4.79 Å². The van der Waals surface area contributed by atoms with E-state index in [1.807, 2.05) is 24.3 Å². The minimum Gasteiger partial charge on any atom is -0.460 e. The first-order valence-electron chi connectivity index (χ1n) is 7.06. The molecular weight excluding hydrogens is 385 g/mol. The summed E-state index contributed by atoms with van der Waals surface area (Å²) in [5.41, 5.74) is 0.693. The van der Waals surface area contributed by atoms with Crippen LogP contribution in [0.4, 0.5) is 5.69 Å². The Morgan fingerprint density at radius 3 is 2.48 bits per heavy atom. The maximum Gasteiger partial charge on any atom is 0.338 e. The van der Waals surface area contributed by atoms with Gasteiger partial charge in [-0.3, -0.25) is 4.79 Å². The molecule has 1 heterocycles. The van der Waals surface area contributed by atoms with Gasteiger partial charge in [-0.2, -0.15) is 0 Å². The van der Waals surface area contributed by atoms with Gasteiger partial charge in [0.05, 0.1) is 0 Å². The zero-order chi connectivity index (χ0) is 14.8. The van der Waals surface area contributed by atoms with E-state index in [0.29, 0.717) is 5.69 Å². The number of epoxide rings is 1. The Bertz CT molecular complexity index is 539. The molecule has 0 aromatic heterocycles. The number of benzene rings is 1. The van der Waals surface area contributed by atoms with E-state index in [1.54, 1.807) is 0 Å². The lowest BCUT2D eigenvalue weighted by atomic mass is 10.2. The highest BCUT2D eigenvalue weighted by molar-refractivity contribution is 14.1. The molecule has 1 aliphatic carbocycles. The van der Waals surface area contributed by atoms with Gasteiger partial charge in [-0.05, 0) is 72.5 Å². The molecule has 2 fully saturated rings. The molecule has 1 aromatic carbocycles. The number of amides is 1. The summed E-state index contributed by atoms with van der Waals surface area (Å²) in [4.78, 5) is 23.8. The van der Waals surface area contributed by atoms with Crippen molar-refractivity contribution in [2.45, 2.75) is 44.0 Å². The Morgan fingerprint density at radius 2 is 1.81 bits per heavy atom. The molecule has 1 aromatic rings. The second-order valence-electron chi connectivity index (χ2n) is 5.32. The predicted molar refractivity (Wildman–Crippen MR) is 84.8 cm³/mol. The van der Waals surface area contributed by atoms with Crippen molar-refractivity contribution in [1.29, 1.82) is 0 Å². The molecule has 1 aliphatic heterocycles. The fraction of sp³-hybridized carbons (Fsp3) is 0.467. The minimum absolute atomic E-state index is 0.00149. The fourth-order valence-corrected chi connectivity index (χ4v) is 2.83. The Morgan fingerprint density at radius 1 is 1.14 bits per heavy atom. The predicted octanol–water partition coefficient (Wildman–Crippen LogP) is 2.48. The molecule has 0 radical (unpaired) electrons. The van der Waals surface area contributed by atoms with Crippen molar-refractivity contribution in [1.82, 2.24) is 0 Å². The summed E-state index contributed by atoms with van der Waals surface area (Å²) in [6.07, 6.45) is 2.56. The summed E-state index contributed by atoms with van der Waals surface area (Å²) < 4.78 is 11.6. The van der Waals surface area contributed by atoms with Crippen LogP contribution >= 0.6 is 22.6 Å².